The summed E-state index contributed by atoms with van der Waals surface area (Å²) in [7, 11) is 0. The molecule has 0 saturated heterocycles. The SMILES string of the molecule is C=CCSc1cc2n(c1C(=O)c1ccsc1)C(C(=O)c1cccs1)CC2C(=O)O. The molecule has 148 valence electrons. The molecule has 1 aliphatic rings. The van der Waals surface area contributed by atoms with Crippen molar-refractivity contribution in [3.05, 3.63) is 74.9 Å². The molecular formula is C21H17NO4S3. The van der Waals surface area contributed by atoms with E-state index in [1.165, 1.54) is 34.4 Å². The number of carboxylic acids is 1. The highest BCUT2D eigenvalue weighted by molar-refractivity contribution is 7.99. The summed E-state index contributed by atoms with van der Waals surface area (Å²) in [6.07, 6.45) is 1.88. The van der Waals surface area contributed by atoms with Crippen LogP contribution in [0.25, 0.3) is 0 Å². The van der Waals surface area contributed by atoms with Gasteiger partial charge >= 0.3 is 5.97 Å². The molecule has 0 radical (unpaired) electrons. The van der Waals surface area contributed by atoms with Gasteiger partial charge < -0.3 is 9.67 Å². The molecule has 0 amide bonds. The molecule has 8 heteroatoms. The van der Waals surface area contributed by atoms with Crippen molar-refractivity contribution in [1.29, 1.82) is 0 Å². The Morgan fingerprint density at radius 3 is 2.76 bits per heavy atom. The molecule has 29 heavy (non-hydrogen) atoms. The van der Waals surface area contributed by atoms with Gasteiger partial charge in [-0.05, 0) is 35.4 Å². The zero-order chi connectivity index (χ0) is 20.5. The molecule has 0 saturated carbocycles. The first-order valence-electron chi connectivity index (χ1n) is 8.89. The van der Waals surface area contributed by atoms with Crippen LogP contribution in [0.2, 0.25) is 0 Å². The van der Waals surface area contributed by atoms with Gasteiger partial charge in [-0.3, -0.25) is 14.4 Å². The lowest BCUT2D eigenvalue weighted by Gasteiger charge is -2.16. The second-order valence-corrected chi connectivity index (χ2v) is 9.37. The molecule has 3 aromatic rings. The van der Waals surface area contributed by atoms with Crippen molar-refractivity contribution in [2.24, 2.45) is 0 Å². The number of aromatic nitrogens is 1. The standard InChI is InChI=1S/C21H17NO4S3/c1-2-6-28-17-10-14-13(21(25)26)9-15(20(24)16-4-3-7-29-16)22(14)18(17)19(23)12-5-8-27-11-12/h2-5,7-8,10-11,13,15H,1,6,9H2,(H,25,26). The van der Waals surface area contributed by atoms with E-state index in [1.54, 1.807) is 40.3 Å². The van der Waals surface area contributed by atoms with Crippen LogP contribution in [-0.4, -0.2) is 33.0 Å². The molecule has 2 unspecified atom stereocenters. The number of hydrogen-bond donors (Lipinski definition) is 1. The lowest BCUT2D eigenvalue weighted by molar-refractivity contribution is -0.138. The monoisotopic (exact) mass is 443 g/mol. The fraction of sp³-hybridized carbons (Fsp3) is 0.190. The van der Waals surface area contributed by atoms with Crippen LogP contribution >= 0.6 is 34.4 Å². The number of carbonyl (C=O) groups is 3. The molecule has 3 aromatic heterocycles. The third-order valence-corrected chi connectivity index (χ3v) is 7.47. The predicted octanol–water partition coefficient (Wildman–Crippen LogP) is 5.12. The number of thioether (sulfide) groups is 1. The number of ketones is 2. The van der Waals surface area contributed by atoms with E-state index >= 15 is 0 Å². The predicted molar refractivity (Wildman–Crippen MR) is 116 cm³/mol. The van der Waals surface area contributed by atoms with Gasteiger partial charge in [-0.15, -0.1) is 29.7 Å². The maximum atomic E-state index is 13.3. The summed E-state index contributed by atoms with van der Waals surface area (Å²) in [6.45, 7) is 3.73. The van der Waals surface area contributed by atoms with Gasteiger partial charge in [0.05, 0.1) is 16.8 Å². The Hall–Kier alpha value is -2.42. The average Bonchev–Trinajstić information content (AvgIpc) is 3.49. The third kappa shape index (κ3) is 3.52. The van der Waals surface area contributed by atoms with E-state index in [1.807, 2.05) is 10.8 Å². The molecule has 0 aliphatic carbocycles. The van der Waals surface area contributed by atoms with Gasteiger partial charge in [0.2, 0.25) is 5.78 Å². The van der Waals surface area contributed by atoms with Gasteiger partial charge in [-0.25, -0.2) is 0 Å². The largest absolute Gasteiger partial charge is 0.481 e. The van der Waals surface area contributed by atoms with E-state index in [2.05, 4.69) is 6.58 Å². The van der Waals surface area contributed by atoms with Crippen molar-refractivity contribution in [3.8, 4) is 0 Å². The maximum Gasteiger partial charge on any atom is 0.312 e. The van der Waals surface area contributed by atoms with Crippen molar-refractivity contribution in [2.75, 3.05) is 5.75 Å². The van der Waals surface area contributed by atoms with E-state index in [0.29, 0.717) is 32.5 Å². The maximum absolute atomic E-state index is 13.3. The van der Waals surface area contributed by atoms with Crippen LogP contribution in [0.1, 0.15) is 49.8 Å². The number of thiophene rings is 2. The minimum Gasteiger partial charge on any atom is -0.481 e. The van der Waals surface area contributed by atoms with Crippen molar-refractivity contribution in [1.82, 2.24) is 4.57 Å². The first-order valence-corrected chi connectivity index (χ1v) is 11.7. The van der Waals surface area contributed by atoms with Gasteiger partial charge in [0.1, 0.15) is 5.69 Å². The lowest BCUT2D eigenvalue weighted by Crippen LogP contribution is -2.20. The third-order valence-electron chi connectivity index (χ3n) is 4.88. The molecule has 4 rings (SSSR count). The van der Waals surface area contributed by atoms with Crippen molar-refractivity contribution >= 4 is 52.0 Å². The topological polar surface area (TPSA) is 76.4 Å². The quantitative estimate of drug-likeness (QED) is 0.297. The number of rotatable bonds is 8. The minimum atomic E-state index is -0.986. The minimum absolute atomic E-state index is 0.151. The number of aliphatic carboxylic acids is 1. The Morgan fingerprint density at radius 1 is 1.31 bits per heavy atom. The van der Waals surface area contributed by atoms with E-state index in [-0.39, 0.29) is 18.0 Å². The zero-order valence-electron chi connectivity index (χ0n) is 15.2. The van der Waals surface area contributed by atoms with E-state index in [0.717, 1.165) is 0 Å². The molecule has 4 heterocycles. The number of Topliss-reactive ketones (excluding diaryl/α,β-unsaturated/α-hetero) is 1. The Bertz CT molecular complexity index is 1080. The number of carboxylic acid groups (broad SMARTS) is 1. The highest BCUT2D eigenvalue weighted by Gasteiger charge is 2.43. The Morgan fingerprint density at radius 2 is 2.14 bits per heavy atom. The van der Waals surface area contributed by atoms with E-state index in [4.69, 9.17) is 0 Å². The summed E-state index contributed by atoms with van der Waals surface area (Å²) in [6, 6.07) is 6.32. The zero-order valence-corrected chi connectivity index (χ0v) is 17.7. The summed E-state index contributed by atoms with van der Waals surface area (Å²) in [5.41, 5.74) is 1.44. The second-order valence-electron chi connectivity index (χ2n) is 6.58. The molecule has 0 bridgehead atoms. The number of fused-ring (bicyclic) bond motifs is 1. The van der Waals surface area contributed by atoms with Crippen molar-refractivity contribution in [3.63, 3.8) is 0 Å². The fourth-order valence-electron chi connectivity index (χ4n) is 3.62. The van der Waals surface area contributed by atoms with Crippen LogP contribution in [0, 0.1) is 0 Å². The van der Waals surface area contributed by atoms with Gasteiger partial charge in [0.25, 0.3) is 0 Å². The van der Waals surface area contributed by atoms with Crippen LogP contribution in [0.5, 0.6) is 0 Å². The Kier molecular flexibility index (Phi) is 5.58. The number of nitrogens with zero attached hydrogens (tertiary/aromatic N) is 1. The molecule has 0 aromatic carbocycles. The van der Waals surface area contributed by atoms with Crippen LogP contribution in [-0.2, 0) is 4.79 Å². The van der Waals surface area contributed by atoms with Gasteiger partial charge in [-0.1, -0.05) is 12.1 Å². The summed E-state index contributed by atoms with van der Waals surface area (Å²) < 4.78 is 1.67. The molecular weight excluding hydrogens is 426 g/mol. The highest BCUT2D eigenvalue weighted by atomic mass is 32.2. The summed E-state index contributed by atoms with van der Waals surface area (Å²) in [4.78, 5) is 39.7. The molecule has 1 aliphatic heterocycles. The fourth-order valence-corrected chi connectivity index (χ4v) is 5.80. The van der Waals surface area contributed by atoms with Crippen LogP contribution in [0.4, 0.5) is 0 Å². The first kappa shape index (κ1) is 19.9. The Balaban J connectivity index is 1.88. The normalized spacial score (nSPS) is 17.8. The van der Waals surface area contributed by atoms with Crippen molar-refractivity contribution < 1.29 is 19.5 Å². The first-order chi connectivity index (χ1) is 14.0. The summed E-state index contributed by atoms with van der Waals surface area (Å²) >= 11 is 4.17. The molecule has 0 spiro atoms. The van der Waals surface area contributed by atoms with Crippen molar-refractivity contribution in [2.45, 2.75) is 23.3 Å². The highest BCUT2D eigenvalue weighted by Crippen LogP contribution is 2.44. The lowest BCUT2D eigenvalue weighted by atomic mass is 9.98. The smallest absolute Gasteiger partial charge is 0.312 e. The molecule has 1 N–H and O–H groups in total. The molecule has 2 atom stereocenters. The van der Waals surface area contributed by atoms with Crippen LogP contribution in [0.3, 0.4) is 0 Å². The van der Waals surface area contributed by atoms with E-state index < -0.39 is 17.9 Å². The van der Waals surface area contributed by atoms with Crippen LogP contribution < -0.4 is 0 Å². The van der Waals surface area contributed by atoms with E-state index in [9.17, 15) is 19.5 Å². The molecule has 5 nitrogen and oxygen atoms in total. The summed E-state index contributed by atoms with van der Waals surface area (Å²) in [5.74, 6) is -1.58. The number of carbonyl (C=O) groups excluding carboxylic acids is 2. The van der Waals surface area contributed by atoms with Gasteiger partial charge in [-0.2, -0.15) is 11.3 Å². The summed E-state index contributed by atoms with van der Waals surface area (Å²) in [5, 5.41) is 15.2. The van der Waals surface area contributed by atoms with Gasteiger partial charge in [0, 0.05) is 27.3 Å². The number of hydrogen-bond acceptors (Lipinski definition) is 6. The average molecular weight is 444 g/mol. The molecule has 0 fully saturated rings. The Labute approximate surface area is 179 Å². The second kappa shape index (κ2) is 8.14. The van der Waals surface area contributed by atoms with Crippen LogP contribution in [0.15, 0.2) is 58.0 Å². The van der Waals surface area contributed by atoms with Gasteiger partial charge in [0.15, 0.2) is 5.78 Å².